The molecule has 17 heavy (non-hydrogen) atoms. The predicted octanol–water partition coefficient (Wildman–Crippen LogP) is 2.39. The summed E-state index contributed by atoms with van der Waals surface area (Å²) in [5.74, 6) is -0.000874. The summed E-state index contributed by atoms with van der Waals surface area (Å²) in [6.07, 6.45) is 2.93. The zero-order chi connectivity index (χ0) is 12.8. The van der Waals surface area contributed by atoms with E-state index in [4.69, 9.17) is 10.5 Å². The van der Waals surface area contributed by atoms with Crippen LogP contribution in [0.5, 0.6) is 5.75 Å². The number of hydrogen-bond donors (Lipinski definition) is 1. The molecule has 90 valence electrons. The highest BCUT2D eigenvalue weighted by Crippen LogP contribution is 2.30. The number of nitrogens with zero attached hydrogens (tertiary/aromatic N) is 1. The molecule has 0 aliphatic carbocycles. The number of nitrogens with two attached hydrogens (primary N) is 1. The molecule has 0 radical (unpaired) electrons. The van der Waals surface area contributed by atoms with E-state index in [0.29, 0.717) is 22.6 Å². The number of hydrogen-bond acceptors (Lipinski definition) is 3. The summed E-state index contributed by atoms with van der Waals surface area (Å²) in [5, 5.41) is 0. The molecule has 0 aliphatic heterocycles. The minimum atomic E-state index is -0.410. The second kappa shape index (κ2) is 5.84. The Hall–Kier alpha value is -2.10. The third kappa shape index (κ3) is 2.72. The van der Waals surface area contributed by atoms with Crippen LogP contribution in [0.2, 0.25) is 0 Å². The molecule has 0 saturated carbocycles. The molecule has 0 aromatic heterocycles. The average molecular weight is 234 g/mol. The van der Waals surface area contributed by atoms with Gasteiger partial charge in [0.25, 0.3) is 0 Å². The topological polar surface area (TPSA) is 47.6 Å². The Labute approximate surface area is 100 Å². The van der Waals surface area contributed by atoms with Crippen molar-refractivity contribution < 1.29 is 9.13 Å². The van der Waals surface area contributed by atoms with E-state index in [1.165, 1.54) is 25.5 Å². The van der Waals surface area contributed by atoms with Crippen molar-refractivity contribution in [2.45, 2.75) is 0 Å². The van der Waals surface area contributed by atoms with Gasteiger partial charge in [0.05, 0.1) is 18.4 Å². The summed E-state index contributed by atoms with van der Waals surface area (Å²) in [6, 6.07) is 4.58. The van der Waals surface area contributed by atoms with Gasteiger partial charge in [-0.1, -0.05) is 18.7 Å². The first-order valence-corrected chi connectivity index (χ1v) is 5.03. The fourth-order valence-electron chi connectivity index (χ4n) is 1.51. The van der Waals surface area contributed by atoms with Gasteiger partial charge in [0.1, 0.15) is 11.6 Å². The first kappa shape index (κ1) is 13.0. The van der Waals surface area contributed by atoms with Crippen LogP contribution >= 0.6 is 0 Å². The lowest BCUT2D eigenvalue weighted by Gasteiger charge is -2.11. The van der Waals surface area contributed by atoms with Crippen molar-refractivity contribution in [2.75, 3.05) is 14.2 Å². The Morgan fingerprint density at radius 1 is 1.53 bits per heavy atom. The van der Waals surface area contributed by atoms with Crippen LogP contribution in [0.25, 0.3) is 5.57 Å². The van der Waals surface area contributed by atoms with Crippen LogP contribution in [0.3, 0.4) is 0 Å². The van der Waals surface area contributed by atoms with Crippen LogP contribution in [0.1, 0.15) is 5.56 Å². The molecule has 1 aromatic rings. The lowest BCUT2D eigenvalue weighted by Crippen LogP contribution is -2.05. The summed E-state index contributed by atoms with van der Waals surface area (Å²) in [4.78, 5) is 3.80. The van der Waals surface area contributed by atoms with Crippen LogP contribution in [0.4, 0.5) is 4.39 Å². The van der Waals surface area contributed by atoms with Crippen molar-refractivity contribution in [3.05, 3.63) is 47.9 Å². The molecule has 0 saturated heterocycles. The maximum absolute atomic E-state index is 13.8. The van der Waals surface area contributed by atoms with Gasteiger partial charge in [-0.3, -0.25) is 4.99 Å². The molecule has 0 heterocycles. The van der Waals surface area contributed by atoms with Gasteiger partial charge in [-0.2, -0.15) is 0 Å². The van der Waals surface area contributed by atoms with Crippen LogP contribution in [-0.2, 0) is 0 Å². The van der Waals surface area contributed by atoms with Crippen molar-refractivity contribution in [1.82, 2.24) is 0 Å². The number of allylic oxidation sites excluding steroid dienone is 3. The standard InChI is InChI=1S/C13H15FN2O/c1-4-9(11(15)8-16-2)13-10(14)6-5-7-12(13)17-3/h4-8H,1,15H2,2-3H3/b11-9-,16-8-. The molecule has 0 fully saturated rings. The average Bonchev–Trinajstić information content (AvgIpc) is 2.32. The van der Waals surface area contributed by atoms with Crippen LogP contribution in [-0.4, -0.2) is 20.4 Å². The predicted molar refractivity (Wildman–Crippen MR) is 68.7 cm³/mol. The molecular formula is C13H15FN2O. The van der Waals surface area contributed by atoms with Gasteiger partial charge in [0.2, 0.25) is 0 Å². The van der Waals surface area contributed by atoms with Gasteiger partial charge in [-0.25, -0.2) is 4.39 Å². The lowest BCUT2D eigenvalue weighted by atomic mass is 10.0. The Morgan fingerprint density at radius 3 is 2.76 bits per heavy atom. The van der Waals surface area contributed by atoms with Gasteiger partial charge in [-0.05, 0) is 12.1 Å². The summed E-state index contributed by atoms with van der Waals surface area (Å²) < 4.78 is 18.9. The summed E-state index contributed by atoms with van der Waals surface area (Å²) in [5.41, 5.74) is 6.90. The Balaban J connectivity index is 3.50. The number of methoxy groups -OCH3 is 1. The molecule has 0 bridgehead atoms. The number of benzene rings is 1. The molecule has 0 unspecified atom stereocenters. The van der Waals surface area contributed by atoms with E-state index in [1.807, 2.05) is 0 Å². The summed E-state index contributed by atoms with van der Waals surface area (Å²) >= 11 is 0. The molecule has 3 nitrogen and oxygen atoms in total. The number of halogens is 1. The van der Waals surface area contributed by atoms with Crippen molar-refractivity contribution in [2.24, 2.45) is 10.7 Å². The van der Waals surface area contributed by atoms with E-state index in [-0.39, 0.29) is 0 Å². The van der Waals surface area contributed by atoms with E-state index in [2.05, 4.69) is 11.6 Å². The Bertz CT molecular complexity index is 478. The summed E-state index contributed by atoms with van der Waals surface area (Å²) in [7, 11) is 3.06. The molecule has 0 amide bonds. The van der Waals surface area contributed by atoms with Gasteiger partial charge in [-0.15, -0.1) is 0 Å². The zero-order valence-corrected chi connectivity index (χ0v) is 9.90. The van der Waals surface area contributed by atoms with Gasteiger partial charge < -0.3 is 10.5 Å². The fourth-order valence-corrected chi connectivity index (χ4v) is 1.51. The highest BCUT2D eigenvalue weighted by molar-refractivity contribution is 5.94. The minimum absolute atomic E-state index is 0.294. The van der Waals surface area contributed by atoms with Gasteiger partial charge >= 0.3 is 0 Å². The molecule has 4 heteroatoms. The third-order valence-electron chi connectivity index (χ3n) is 2.25. The first-order valence-electron chi connectivity index (χ1n) is 5.03. The second-order valence-electron chi connectivity index (χ2n) is 3.28. The van der Waals surface area contributed by atoms with Crippen LogP contribution in [0.15, 0.2) is 41.5 Å². The third-order valence-corrected chi connectivity index (χ3v) is 2.25. The number of ether oxygens (including phenoxy) is 1. The van der Waals surface area contributed by atoms with E-state index >= 15 is 0 Å². The van der Waals surface area contributed by atoms with E-state index in [1.54, 1.807) is 19.2 Å². The van der Waals surface area contributed by atoms with Crippen molar-refractivity contribution in [3.8, 4) is 5.75 Å². The second-order valence-corrected chi connectivity index (χ2v) is 3.28. The largest absolute Gasteiger partial charge is 0.496 e. The molecule has 0 aliphatic rings. The number of aliphatic imine (C=N–C) groups is 1. The molecule has 0 atom stereocenters. The maximum Gasteiger partial charge on any atom is 0.134 e. The Morgan fingerprint density at radius 2 is 2.24 bits per heavy atom. The molecule has 1 rings (SSSR count). The monoisotopic (exact) mass is 234 g/mol. The van der Waals surface area contributed by atoms with Crippen molar-refractivity contribution >= 4 is 11.8 Å². The van der Waals surface area contributed by atoms with E-state index < -0.39 is 5.82 Å². The minimum Gasteiger partial charge on any atom is -0.496 e. The first-order chi connectivity index (χ1) is 8.15. The SMILES string of the molecule is C=C/C(=C(N)\C=N/C)c1c(F)cccc1OC. The zero-order valence-electron chi connectivity index (χ0n) is 9.90. The fraction of sp³-hybridized carbons (Fsp3) is 0.154. The molecule has 2 N–H and O–H groups in total. The quantitative estimate of drug-likeness (QED) is 0.642. The van der Waals surface area contributed by atoms with Gasteiger partial charge in [0.15, 0.2) is 0 Å². The van der Waals surface area contributed by atoms with Gasteiger partial charge in [0, 0.05) is 18.8 Å². The highest BCUT2D eigenvalue weighted by Gasteiger charge is 2.13. The van der Waals surface area contributed by atoms with E-state index in [0.717, 1.165) is 0 Å². The maximum atomic E-state index is 13.8. The smallest absolute Gasteiger partial charge is 0.134 e. The van der Waals surface area contributed by atoms with Crippen LogP contribution < -0.4 is 10.5 Å². The van der Waals surface area contributed by atoms with Crippen LogP contribution in [0, 0.1) is 5.82 Å². The van der Waals surface area contributed by atoms with E-state index in [9.17, 15) is 4.39 Å². The van der Waals surface area contributed by atoms with Crippen molar-refractivity contribution in [3.63, 3.8) is 0 Å². The molecular weight excluding hydrogens is 219 g/mol. The molecule has 1 aromatic carbocycles. The normalized spacial score (nSPS) is 12.4. The number of rotatable bonds is 4. The van der Waals surface area contributed by atoms with Crippen molar-refractivity contribution in [1.29, 1.82) is 0 Å². The molecule has 0 spiro atoms. The lowest BCUT2D eigenvalue weighted by molar-refractivity contribution is 0.409. The summed E-state index contributed by atoms with van der Waals surface area (Å²) in [6.45, 7) is 3.64. The highest BCUT2D eigenvalue weighted by atomic mass is 19.1. The Kier molecular flexibility index (Phi) is 4.46.